The van der Waals surface area contributed by atoms with Gasteiger partial charge in [-0.15, -0.1) is 5.10 Å². The van der Waals surface area contributed by atoms with Gasteiger partial charge in [-0.05, 0) is 6.07 Å². The van der Waals surface area contributed by atoms with Gasteiger partial charge in [0.05, 0.1) is 0 Å². The third kappa shape index (κ3) is 0.621. The van der Waals surface area contributed by atoms with Crippen LogP contribution in [0, 0.1) is 0 Å². The minimum atomic E-state index is 0.499. The van der Waals surface area contributed by atoms with Crippen LogP contribution < -0.4 is 5.73 Å². The minimum absolute atomic E-state index is 0.499. The summed E-state index contributed by atoms with van der Waals surface area (Å²) in [6.07, 6.45) is 3.51. The zero-order valence-electron chi connectivity index (χ0n) is 5.23. The highest BCUT2D eigenvalue weighted by atomic mass is 15.3. The molecule has 0 aliphatic rings. The van der Waals surface area contributed by atoms with Crippen molar-refractivity contribution in [1.82, 2.24) is 14.6 Å². The van der Waals surface area contributed by atoms with Crippen molar-refractivity contribution >= 4 is 11.5 Å². The fourth-order valence-electron chi connectivity index (χ4n) is 0.848. The average molecular weight is 134 g/mol. The summed E-state index contributed by atoms with van der Waals surface area (Å²) in [5.74, 6) is 0.499. The SMILES string of the molecule is Nc1cc2ncccn2n1. The monoisotopic (exact) mass is 134 g/mol. The third-order valence-corrected chi connectivity index (χ3v) is 1.26. The van der Waals surface area contributed by atoms with Gasteiger partial charge >= 0.3 is 0 Å². The molecule has 4 heteroatoms. The molecule has 0 saturated carbocycles. The lowest BCUT2D eigenvalue weighted by Gasteiger charge is -1.85. The number of anilines is 1. The maximum atomic E-state index is 5.42. The predicted molar refractivity (Wildman–Crippen MR) is 37.4 cm³/mol. The average Bonchev–Trinajstić information content (AvgIpc) is 2.27. The van der Waals surface area contributed by atoms with Crippen LogP contribution in [0.25, 0.3) is 5.65 Å². The Morgan fingerprint density at radius 3 is 3.20 bits per heavy atom. The molecule has 4 nitrogen and oxygen atoms in total. The summed E-state index contributed by atoms with van der Waals surface area (Å²) in [5.41, 5.74) is 6.20. The van der Waals surface area contributed by atoms with E-state index in [0.717, 1.165) is 5.65 Å². The second-order valence-corrected chi connectivity index (χ2v) is 1.99. The summed E-state index contributed by atoms with van der Waals surface area (Å²) in [5, 5.41) is 3.95. The van der Waals surface area contributed by atoms with Gasteiger partial charge in [0.15, 0.2) is 5.65 Å². The number of nitrogens with zero attached hydrogens (tertiary/aromatic N) is 3. The standard InChI is InChI=1S/C6H6N4/c7-5-4-6-8-2-1-3-10(6)9-5/h1-4H,(H2,7,9). The third-order valence-electron chi connectivity index (χ3n) is 1.26. The minimum Gasteiger partial charge on any atom is -0.382 e. The van der Waals surface area contributed by atoms with Crippen molar-refractivity contribution in [3.05, 3.63) is 24.5 Å². The summed E-state index contributed by atoms with van der Waals surface area (Å²) in [4.78, 5) is 4.02. The normalized spacial score (nSPS) is 10.4. The molecule has 0 bridgehead atoms. The van der Waals surface area contributed by atoms with E-state index in [1.807, 2.05) is 0 Å². The van der Waals surface area contributed by atoms with Crippen LogP contribution in [0.5, 0.6) is 0 Å². The van der Waals surface area contributed by atoms with Gasteiger partial charge in [-0.2, -0.15) is 0 Å². The number of rotatable bonds is 0. The molecule has 0 spiro atoms. The zero-order chi connectivity index (χ0) is 6.97. The van der Waals surface area contributed by atoms with Crippen molar-refractivity contribution in [2.24, 2.45) is 0 Å². The summed E-state index contributed by atoms with van der Waals surface area (Å²) >= 11 is 0. The molecule has 2 heterocycles. The molecule has 0 aliphatic heterocycles. The molecule has 0 unspecified atom stereocenters. The number of nitrogen functional groups attached to an aromatic ring is 1. The topological polar surface area (TPSA) is 56.2 Å². The van der Waals surface area contributed by atoms with Crippen LogP contribution in [0.4, 0.5) is 5.82 Å². The van der Waals surface area contributed by atoms with Crippen molar-refractivity contribution in [1.29, 1.82) is 0 Å². The highest BCUT2D eigenvalue weighted by Gasteiger charge is 1.94. The number of hydrogen-bond acceptors (Lipinski definition) is 3. The molecular weight excluding hydrogens is 128 g/mol. The summed E-state index contributed by atoms with van der Waals surface area (Å²) in [6.45, 7) is 0. The van der Waals surface area contributed by atoms with E-state index in [2.05, 4.69) is 10.1 Å². The number of fused-ring (bicyclic) bond motifs is 1. The summed E-state index contributed by atoms with van der Waals surface area (Å²) in [7, 11) is 0. The molecule has 10 heavy (non-hydrogen) atoms. The van der Waals surface area contributed by atoms with Crippen LogP contribution in [-0.2, 0) is 0 Å². The molecule has 0 radical (unpaired) electrons. The van der Waals surface area contributed by atoms with Gasteiger partial charge in [-0.1, -0.05) is 0 Å². The first kappa shape index (κ1) is 5.22. The van der Waals surface area contributed by atoms with E-state index < -0.39 is 0 Å². The Labute approximate surface area is 57.3 Å². The van der Waals surface area contributed by atoms with E-state index in [0.29, 0.717) is 5.82 Å². The molecule has 2 aromatic heterocycles. The lowest BCUT2D eigenvalue weighted by Crippen LogP contribution is -1.88. The Morgan fingerprint density at radius 2 is 2.40 bits per heavy atom. The second kappa shape index (κ2) is 1.70. The van der Waals surface area contributed by atoms with E-state index in [-0.39, 0.29) is 0 Å². The Bertz CT molecular complexity index is 318. The first-order valence-corrected chi connectivity index (χ1v) is 2.92. The summed E-state index contributed by atoms with van der Waals surface area (Å²) < 4.78 is 1.63. The van der Waals surface area contributed by atoms with Crippen molar-refractivity contribution in [3.8, 4) is 0 Å². The Balaban J connectivity index is 2.88. The smallest absolute Gasteiger partial charge is 0.157 e. The highest BCUT2D eigenvalue weighted by Crippen LogP contribution is 2.02. The zero-order valence-corrected chi connectivity index (χ0v) is 5.23. The molecule has 50 valence electrons. The van der Waals surface area contributed by atoms with Gasteiger partial charge in [0.2, 0.25) is 0 Å². The van der Waals surface area contributed by atoms with Crippen molar-refractivity contribution in [3.63, 3.8) is 0 Å². The molecule has 0 atom stereocenters. The highest BCUT2D eigenvalue weighted by molar-refractivity contribution is 5.46. The fourth-order valence-corrected chi connectivity index (χ4v) is 0.848. The van der Waals surface area contributed by atoms with E-state index in [1.54, 1.807) is 29.0 Å². The molecular formula is C6H6N4. The van der Waals surface area contributed by atoms with E-state index in [1.165, 1.54) is 0 Å². The van der Waals surface area contributed by atoms with Crippen molar-refractivity contribution in [2.45, 2.75) is 0 Å². The largest absolute Gasteiger partial charge is 0.382 e. The van der Waals surface area contributed by atoms with Gasteiger partial charge in [0.25, 0.3) is 0 Å². The van der Waals surface area contributed by atoms with Crippen LogP contribution >= 0.6 is 0 Å². The number of nitrogens with two attached hydrogens (primary N) is 1. The summed E-state index contributed by atoms with van der Waals surface area (Å²) in [6, 6.07) is 3.53. The Morgan fingerprint density at radius 1 is 1.50 bits per heavy atom. The van der Waals surface area contributed by atoms with Crippen LogP contribution in [0.1, 0.15) is 0 Å². The molecule has 0 aromatic carbocycles. The molecule has 2 rings (SSSR count). The maximum Gasteiger partial charge on any atom is 0.157 e. The van der Waals surface area contributed by atoms with Crippen LogP contribution in [0.15, 0.2) is 24.5 Å². The van der Waals surface area contributed by atoms with Gasteiger partial charge in [0.1, 0.15) is 5.82 Å². The van der Waals surface area contributed by atoms with Gasteiger partial charge in [-0.25, -0.2) is 9.50 Å². The van der Waals surface area contributed by atoms with Crippen molar-refractivity contribution in [2.75, 3.05) is 5.73 Å². The quantitative estimate of drug-likeness (QED) is 0.564. The van der Waals surface area contributed by atoms with Crippen LogP contribution in [0.2, 0.25) is 0 Å². The number of hydrogen-bond donors (Lipinski definition) is 1. The van der Waals surface area contributed by atoms with Crippen molar-refractivity contribution < 1.29 is 0 Å². The molecule has 0 amide bonds. The molecule has 0 aliphatic carbocycles. The van der Waals surface area contributed by atoms with E-state index in [4.69, 9.17) is 5.73 Å². The van der Waals surface area contributed by atoms with Gasteiger partial charge < -0.3 is 5.73 Å². The number of aromatic nitrogens is 3. The Hall–Kier alpha value is -1.58. The lowest BCUT2D eigenvalue weighted by molar-refractivity contribution is 0.945. The second-order valence-electron chi connectivity index (χ2n) is 1.99. The van der Waals surface area contributed by atoms with E-state index >= 15 is 0 Å². The maximum absolute atomic E-state index is 5.42. The van der Waals surface area contributed by atoms with Gasteiger partial charge in [0, 0.05) is 18.5 Å². The lowest BCUT2D eigenvalue weighted by atomic mass is 10.6. The Kier molecular flexibility index (Phi) is 0.887. The molecule has 2 N–H and O–H groups in total. The molecule has 2 aromatic rings. The first-order valence-electron chi connectivity index (χ1n) is 2.92. The van der Waals surface area contributed by atoms with E-state index in [9.17, 15) is 0 Å². The van der Waals surface area contributed by atoms with Crippen LogP contribution in [-0.4, -0.2) is 14.6 Å². The van der Waals surface area contributed by atoms with Crippen LogP contribution in [0.3, 0.4) is 0 Å². The predicted octanol–water partition coefficient (Wildman–Crippen LogP) is 0.311. The van der Waals surface area contributed by atoms with Gasteiger partial charge in [-0.3, -0.25) is 0 Å². The molecule has 0 fully saturated rings. The molecule has 0 saturated heterocycles. The first-order chi connectivity index (χ1) is 4.86. The fraction of sp³-hybridized carbons (Fsp3) is 0.